The molecule has 2 bridgehead atoms. The van der Waals surface area contributed by atoms with Gasteiger partial charge in [0, 0.05) is 18.7 Å². The van der Waals surface area contributed by atoms with Crippen LogP contribution >= 0.6 is 0 Å². The van der Waals surface area contributed by atoms with E-state index in [-0.39, 0.29) is 16.9 Å². The van der Waals surface area contributed by atoms with Gasteiger partial charge in [0.1, 0.15) is 16.5 Å². The van der Waals surface area contributed by atoms with Gasteiger partial charge in [0.15, 0.2) is 0 Å². The number of nitrogens with zero attached hydrogens (tertiary/aromatic N) is 1. The van der Waals surface area contributed by atoms with Crippen LogP contribution in [0, 0.1) is 22.5 Å². The minimum absolute atomic E-state index is 0.0727. The van der Waals surface area contributed by atoms with E-state index in [4.69, 9.17) is 0 Å². The molecule has 122 valence electrons. The van der Waals surface area contributed by atoms with Crippen LogP contribution in [0.1, 0.15) is 40.0 Å². The summed E-state index contributed by atoms with van der Waals surface area (Å²) in [5, 5.41) is 0. The molecule has 0 unspecified atom stereocenters. The SMILES string of the molecule is CC1(C)C[C@H]2C[C@@](C)(CN2S(=O)(=O)c2ccc(F)cc2F)C1. The monoisotopic (exact) mass is 329 g/mol. The molecule has 2 fully saturated rings. The Bertz CT molecular complexity index is 717. The molecule has 22 heavy (non-hydrogen) atoms. The van der Waals surface area contributed by atoms with Crippen LogP contribution in [0.2, 0.25) is 0 Å². The van der Waals surface area contributed by atoms with E-state index in [0.29, 0.717) is 12.6 Å². The van der Waals surface area contributed by atoms with E-state index in [9.17, 15) is 17.2 Å². The Morgan fingerprint density at radius 1 is 1.18 bits per heavy atom. The van der Waals surface area contributed by atoms with Crippen molar-refractivity contribution < 1.29 is 17.2 Å². The van der Waals surface area contributed by atoms with Gasteiger partial charge >= 0.3 is 0 Å². The van der Waals surface area contributed by atoms with Crippen LogP contribution in [0.25, 0.3) is 0 Å². The molecule has 1 saturated carbocycles. The number of fused-ring (bicyclic) bond motifs is 2. The van der Waals surface area contributed by atoms with Gasteiger partial charge in [-0.05, 0) is 42.2 Å². The predicted octanol–water partition coefficient (Wildman–Crippen LogP) is 3.55. The highest BCUT2D eigenvalue weighted by Gasteiger charge is 2.53. The number of halogens is 2. The molecule has 0 radical (unpaired) electrons. The van der Waals surface area contributed by atoms with Crippen molar-refractivity contribution in [3.63, 3.8) is 0 Å². The van der Waals surface area contributed by atoms with Crippen molar-refractivity contribution in [2.24, 2.45) is 10.8 Å². The van der Waals surface area contributed by atoms with E-state index in [1.54, 1.807) is 0 Å². The van der Waals surface area contributed by atoms with Gasteiger partial charge in [-0.25, -0.2) is 17.2 Å². The average Bonchev–Trinajstić information content (AvgIpc) is 2.58. The highest BCUT2D eigenvalue weighted by Crippen LogP contribution is 2.53. The highest BCUT2D eigenvalue weighted by molar-refractivity contribution is 7.89. The maximum absolute atomic E-state index is 13.9. The van der Waals surface area contributed by atoms with Gasteiger partial charge in [0.05, 0.1) is 0 Å². The fraction of sp³-hybridized carbons (Fsp3) is 0.625. The minimum Gasteiger partial charge on any atom is -0.207 e. The molecule has 1 aromatic carbocycles. The van der Waals surface area contributed by atoms with Crippen LogP contribution in [0.5, 0.6) is 0 Å². The molecule has 1 aromatic rings. The molecular formula is C16H21F2NO2S. The molecule has 0 amide bonds. The van der Waals surface area contributed by atoms with Crippen LogP contribution in [0.3, 0.4) is 0 Å². The summed E-state index contributed by atoms with van der Waals surface area (Å²) in [4.78, 5) is -0.428. The summed E-state index contributed by atoms with van der Waals surface area (Å²) in [6.07, 6.45) is 2.53. The molecule has 2 aliphatic rings. The van der Waals surface area contributed by atoms with Crippen molar-refractivity contribution in [3.05, 3.63) is 29.8 Å². The molecule has 2 atom stereocenters. The van der Waals surface area contributed by atoms with Crippen molar-refractivity contribution >= 4 is 10.0 Å². The van der Waals surface area contributed by atoms with Crippen molar-refractivity contribution in [2.75, 3.05) is 6.54 Å². The Kier molecular flexibility index (Phi) is 3.42. The summed E-state index contributed by atoms with van der Waals surface area (Å²) < 4.78 is 54.1. The molecule has 1 aliphatic heterocycles. The molecule has 0 aromatic heterocycles. The minimum atomic E-state index is -3.94. The van der Waals surface area contributed by atoms with Gasteiger partial charge in [0.2, 0.25) is 10.0 Å². The van der Waals surface area contributed by atoms with Gasteiger partial charge in [-0.15, -0.1) is 0 Å². The fourth-order valence-corrected chi connectivity index (χ4v) is 6.32. The van der Waals surface area contributed by atoms with Gasteiger partial charge in [-0.1, -0.05) is 20.8 Å². The molecule has 0 spiro atoms. The molecule has 1 saturated heterocycles. The molecule has 6 heteroatoms. The second-order valence-corrected chi connectivity index (χ2v) is 9.70. The first-order chi connectivity index (χ1) is 10.0. The van der Waals surface area contributed by atoms with Crippen LogP contribution < -0.4 is 0 Å². The summed E-state index contributed by atoms with van der Waals surface area (Å²) in [7, 11) is -3.94. The zero-order chi connectivity index (χ0) is 16.3. The number of rotatable bonds is 2. The van der Waals surface area contributed by atoms with Gasteiger partial charge in [0.25, 0.3) is 0 Å². The normalized spacial score (nSPS) is 31.4. The Labute approximate surface area is 130 Å². The molecular weight excluding hydrogens is 308 g/mol. The van der Waals surface area contributed by atoms with E-state index in [0.717, 1.165) is 31.4 Å². The van der Waals surface area contributed by atoms with Crippen molar-refractivity contribution in [1.82, 2.24) is 4.31 Å². The Morgan fingerprint density at radius 3 is 2.50 bits per heavy atom. The second kappa shape index (κ2) is 4.74. The fourth-order valence-electron chi connectivity index (χ4n) is 4.50. The first kappa shape index (κ1) is 15.9. The van der Waals surface area contributed by atoms with Gasteiger partial charge in [-0.2, -0.15) is 4.31 Å². The summed E-state index contributed by atoms with van der Waals surface area (Å²) in [6.45, 7) is 6.79. The van der Waals surface area contributed by atoms with Gasteiger partial charge in [-0.3, -0.25) is 0 Å². The first-order valence-electron chi connectivity index (χ1n) is 7.49. The van der Waals surface area contributed by atoms with Gasteiger partial charge < -0.3 is 0 Å². The zero-order valence-electron chi connectivity index (χ0n) is 13.1. The lowest BCUT2D eigenvalue weighted by Gasteiger charge is -2.39. The molecule has 1 aliphatic carbocycles. The van der Waals surface area contributed by atoms with Crippen LogP contribution in [-0.4, -0.2) is 25.3 Å². The Hall–Kier alpha value is -1.01. The van der Waals surface area contributed by atoms with Crippen molar-refractivity contribution in [1.29, 1.82) is 0 Å². The second-order valence-electron chi connectivity index (χ2n) is 7.84. The molecule has 1 heterocycles. The first-order valence-corrected chi connectivity index (χ1v) is 8.93. The maximum atomic E-state index is 13.9. The topological polar surface area (TPSA) is 37.4 Å². The predicted molar refractivity (Wildman–Crippen MR) is 79.8 cm³/mol. The van der Waals surface area contributed by atoms with Crippen LogP contribution in [-0.2, 0) is 10.0 Å². The summed E-state index contributed by atoms with van der Waals surface area (Å²) in [6, 6.07) is 2.53. The zero-order valence-corrected chi connectivity index (χ0v) is 13.9. The summed E-state index contributed by atoms with van der Waals surface area (Å²) in [5.41, 5.74) is -0.000724. The molecule has 3 rings (SSSR count). The Morgan fingerprint density at radius 2 is 1.86 bits per heavy atom. The summed E-state index contributed by atoms with van der Waals surface area (Å²) in [5.74, 6) is -1.80. The quantitative estimate of drug-likeness (QED) is 0.832. The number of hydrogen-bond acceptors (Lipinski definition) is 2. The third kappa shape index (κ3) is 2.56. The summed E-state index contributed by atoms with van der Waals surface area (Å²) >= 11 is 0. The van der Waals surface area contributed by atoms with Crippen molar-refractivity contribution in [2.45, 2.75) is 51.0 Å². The van der Waals surface area contributed by atoms with E-state index >= 15 is 0 Å². The van der Waals surface area contributed by atoms with Crippen molar-refractivity contribution in [3.8, 4) is 0 Å². The molecule has 0 N–H and O–H groups in total. The lowest BCUT2D eigenvalue weighted by molar-refractivity contribution is 0.133. The van der Waals surface area contributed by atoms with Crippen LogP contribution in [0.15, 0.2) is 23.1 Å². The number of benzene rings is 1. The third-order valence-corrected chi connectivity index (χ3v) is 6.78. The van der Waals surface area contributed by atoms with E-state index in [1.165, 1.54) is 4.31 Å². The number of sulfonamides is 1. The maximum Gasteiger partial charge on any atom is 0.246 e. The largest absolute Gasteiger partial charge is 0.246 e. The Balaban J connectivity index is 2.00. The highest BCUT2D eigenvalue weighted by atomic mass is 32.2. The lowest BCUT2D eigenvalue weighted by Crippen LogP contribution is -2.38. The van der Waals surface area contributed by atoms with E-state index < -0.39 is 26.6 Å². The standard InChI is InChI=1S/C16H21F2NO2S/c1-15(2)7-12-8-16(3,9-15)10-19(12)22(20,21)14-5-4-11(17)6-13(14)18/h4-6,12H,7-10H2,1-3H3/t12-,16+/m0/s1. The van der Waals surface area contributed by atoms with E-state index in [1.807, 2.05) is 0 Å². The van der Waals surface area contributed by atoms with E-state index in [2.05, 4.69) is 20.8 Å². The average molecular weight is 329 g/mol. The smallest absolute Gasteiger partial charge is 0.207 e. The third-order valence-electron chi connectivity index (χ3n) is 4.85. The number of hydrogen-bond donors (Lipinski definition) is 0. The lowest BCUT2D eigenvalue weighted by atomic mass is 9.65. The van der Waals surface area contributed by atoms with Crippen LogP contribution in [0.4, 0.5) is 8.78 Å². The molecule has 3 nitrogen and oxygen atoms in total.